The molecule has 2 unspecified atom stereocenters. The van der Waals surface area contributed by atoms with Gasteiger partial charge in [-0.15, -0.1) is 11.3 Å². The fourth-order valence-electron chi connectivity index (χ4n) is 2.84. The third-order valence-corrected chi connectivity index (χ3v) is 5.09. The van der Waals surface area contributed by atoms with E-state index in [1.54, 1.807) is 6.20 Å². The quantitative estimate of drug-likeness (QED) is 0.581. The molecule has 7 nitrogen and oxygen atoms in total. The second kappa shape index (κ2) is 8.13. The van der Waals surface area contributed by atoms with Gasteiger partial charge in [-0.2, -0.15) is 0 Å². The Kier molecular flexibility index (Phi) is 6.42. The molecular formula is C15H23ClN4O3S. The molecule has 1 N–H and O–H groups in total. The van der Waals surface area contributed by atoms with E-state index in [4.69, 9.17) is 16.3 Å². The van der Waals surface area contributed by atoms with Crippen LogP contribution in [0.1, 0.15) is 38.5 Å². The van der Waals surface area contributed by atoms with Crippen molar-refractivity contribution in [1.82, 2.24) is 15.2 Å². The van der Waals surface area contributed by atoms with Crippen LogP contribution in [0.2, 0.25) is 4.47 Å². The van der Waals surface area contributed by atoms with E-state index >= 15 is 0 Å². The summed E-state index contributed by atoms with van der Waals surface area (Å²) in [6.45, 7) is 6.33. The Balaban J connectivity index is 2.28. The number of hydrogen-bond acceptors (Lipinski definition) is 7. The molecular weight excluding hydrogens is 352 g/mol. The number of allylic oxidation sites excluding steroid dienone is 1. The largest absolute Gasteiger partial charge is 0.361 e. The summed E-state index contributed by atoms with van der Waals surface area (Å²) >= 11 is 7.20. The van der Waals surface area contributed by atoms with Crippen molar-refractivity contribution >= 4 is 22.9 Å². The van der Waals surface area contributed by atoms with Gasteiger partial charge in [-0.1, -0.05) is 18.5 Å². The van der Waals surface area contributed by atoms with Crippen molar-refractivity contribution in [3.63, 3.8) is 0 Å². The molecule has 0 amide bonds. The molecule has 0 bridgehead atoms. The predicted octanol–water partition coefficient (Wildman–Crippen LogP) is 3.44. The average molecular weight is 375 g/mol. The maximum atomic E-state index is 11.6. The van der Waals surface area contributed by atoms with Gasteiger partial charge in [-0.25, -0.2) is 4.98 Å². The van der Waals surface area contributed by atoms with Crippen LogP contribution >= 0.6 is 22.9 Å². The van der Waals surface area contributed by atoms with Gasteiger partial charge < -0.3 is 15.0 Å². The highest BCUT2D eigenvalue weighted by molar-refractivity contribution is 7.15. The van der Waals surface area contributed by atoms with Crippen LogP contribution in [0.15, 0.2) is 17.7 Å². The molecule has 134 valence electrons. The van der Waals surface area contributed by atoms with Crippen molar-refractivity contribution < 1.29 is 9.66 Å². The van der Waals surface area contributed by atoms with Gasteiger partial charge in [0.05, 0.1) is 23.5 Å². The second-order valence-corrected chi connectivity index (χ2v) is 7.71. The highest BCUT2D eigenvalue weighted by Crippen LogP contribution is 2.33. The third-order valence-electron chi connectivity index (χ3n) is 3.97. The zero-order chi connectivity index (χ0) is 17.9. The van der Waals surface area contributed by atoms with Gasteiger partial charge in [0.15, 0.2) is 10.3 Å². The van der Waals surface area contributed by atoms with Crippen LogP contribution in [0, 0.1) is 16.0 Å². The number of thiazole rings is 1. The lowest BCUT2D eigenvalue weighted by Crippen LogP contribution is -2.47. The topological polar surface area (TPSA) is 80.5 Å². The summed E-state index contributed by atoms with van der Waals surface area (Å²) in [6, 6.07) is 0. The number of halogens is 1. The monoisotopic (exact) mass is 374 g/mol. The van der Waals surface area contributed by atoms with Crippen molar-refractivity contribution in [3.8, 4) is 0 Å². The lowest BCUT2D eigenvalue weighted by Gasteiger charge is -2.38. The van der Waals surface area contributed by atoms with E-state index in [0.29, 0.717) is 29.7 Å². The summed E-state index contributed by atoms with van der Waals surface area (Å²) in [5, 5.41) is 14.8. The van der Waals surface area contributed by atoms with Gasteiger partial charge >= 0.3 is 0 Å². The Morgan fingerprint density at radius 1 is 1.62 bits per heavy atom. The third kappa shape index (κ3) is 4.37. The van der Waals surface area contributed by atoms with Crippen LogP contribution in [0.5, 0.6) is 0 Å². The van der Waals surface area contributed by atoms with Crippen LogP contribution in [0.4, 0.5) is 0 Å². The summed E-state index contributed by atoms with van der Waals surface area (Å²) in [6.07, 6.45) is 2.84. The summed E-state index contributed by atoms with van der Waals surface area (Å²) in [5.41, 5.74) is 0.221. The van der Waals surface area contributed by atoms with Crippen LogP contribution in [0.25, 0.3) is 0 Å². The molecule has 24 heavy (non-hydrogen) atoms. The summed E-state index contributed by atoms with van der Waals surface area (Å²) in [5.74, 6) is 0.362. The molecule has 9 heteroatoms. The van der Waals surface area contributed by atoms with E-state index in [1.165, 1.54) is 11.3 Å². The first-order valence-corrected chi connectivity index (χ1v) is 9.13. The minimum atomic E-state index is -0.280. The Morgan fingerprint density at radius 2 is 2.33 bits per heavy atom. The first-order chi connectivity index (χ1) is 11.3. The van der Waals surface area contributed by atoms with Crippen molar-refractivity contribution in [3.05, 3.63) is 37.2 Å². The lowest BCUT2D eigenvalue weighted by atomic mass is 9.93. The van der Waals surface area contributed by atoms with E-state index in [9.17, 15) is 10.1 Å². The Hall–Kier alpha value is -1.38. The Bertz CT molecular complexity index is 620. The average Bonchev–Trinajstić information content (AvgIpc) is 2.92. The summed E-state index contributed by atoms with van der Waals surface area (Å²) in [7, 11) is 1.82. The van der Waals surface area contributed by atoms with E-state index in [0.717, 1.165) is 4.88 Å². The van der Waals surface area contributed by atoms with Gasteiger partial charge in [-0.3, -0.25) is 10.1 Å². The molecule has 0 aromatic carbocycles. The molecule has 0 spiro atoms. The minimum absolute atomic E-state index is 0.0497. The molecule has 1 aromatic rings. The zero-order valence-electron chi connectivity index (χ0n) is 14.3. The molecule has 0 aliphatic carbocycles. The van der Waals surface area contributed by atoms with Crippen molar-refractivity contribution in [2.75, 3.05) is 7.05 Å². The maximum absolute atomic E-state index is 11.6. The van der Waals surface area contributed by atoms with E-state index in [1.807, 2.05) is 32.7 Å². The van der Waals surface area contributed by atoms with Gasteiger partial charge in [0.1, 0.15) is 6.23 Å². The van der Waals surface area contributed by atoms with E-state index < -0.39 is 0 Å². The number of hydrogen-bond donors (Lipinski definition) is 1. The molecule has 0 saturated carbocycles. The maximum Gasteiger partial charge on any atom is 0.289 e. The molecule has 1 aliphatic rings. The van der Waals surface area contributed by atoms with Crippen LogP contribution in [-0.4, -0.2) is 34.2 Å². The Morgan fingerprint density at radius 3 is 2.83 bits per heavy atom. The van der Waals surface area contributed by atoms with Crippen molar-refractivity contribution in [2.24, 2.45) is 5.92 Å². The molecule has 0 saturated heterocycles. The number of nitro groups is 1. The highest BCUT2D eigenvalue weighted by atomic mass is 35.5. The lowest BCUT2D eigenvalue weighted by molar-refractivity contribution is -0.440. The van der Waals surface area contributed by atoms with E-state index in [2.05, 4.69) is 10.3 Å². The highest BCUT2D eigenvalue weighted by Gasteiger charge is 2.40. The first-order valence-electron chi connectivity index (χ1n) is 7.94. The van der Waals surface area contributed by atoms with Crippen molar-refractivity contribution in [1.29, 1.82) is 0 Å². The number of ether oxygens (including phenoxy) is 1. The van der Waals surface area contributed by atoms with Crippen LogP contribution < -0.4 is 5.32 Å². The fraction of sp³-hybridized carbons (Fsp3) is 0.667. The number of nitrogens with zero attached hydrogens (tertiary/aromatic N) is 3. The van der Waals surface area contributed by atoms with Gasteiger partial charge in [0.2, 0.25) is 0 Å². The summed E-state index contributed by atoms with van der Waals surface area (Å²) < 4.78 is 6.41. The van der Waals surface area contributed by atoms with Crippen LogP contribution in [-0.2, 0) is 11.3 Å². The SMILES string of the molecule is CCC1CC(OC(C)C)N(C)C(NCc2cnc(Cl)s2)=C1[N+](=O)[O-]. The van der Waals surface area contributed by atoms with Gasteiger partial charge in [-0.05, 0) is 20.3 Å². The summed E-state index contributed by atoms with van der Waals surface area (Å²) in [4.78, 5) is 18.1. The van der Waals surface area contributed by atoms with E-state index in [-0.39, 0.29) is 28.9 Å². The normalized spacial score (nSPS) is 21.5. The number of nitrogens with one attached hydrogen (secondary N) is 1. The molecule has 1 aromatic heterocycles. The van der Waals surface area contributed by atoms with Crippen molar-refractivity contribution in [2.45, 2.75) is 52.5 Å². The molecule has 1 aliphatic heterocycles. The molecule has 0 radical (unpaired) electrons. The number of aromatic nitrogens is 1. The standard InChI is InChI=1S/C15H23ClN4O3S/c1-5-10-6-12(23-9(2)3)19(4)14(13(10)20(21)22)17-7-11-8-18-15(16)24-11/h8-10,12,17H,5-7H2,1-4H3. The smallest absolute Gasteiger partial charge is 0.289 e. The first kappa shape index (κ1) is 19.0. The fourth-order valence-corrected chi connectivity index (χ4v) is 3.76. The molecule has 2 heterocycles. The Labute approximate surface area is 150 Å². The minimum Gasteiger partial charge on any atom is -0.361 e. The van der Waals surface area contributed by atoms with Gasteiger partial charge in [0, 0.05) is 24.5 Å². The molecule has 0 fully saturated rings. The molecule has 2 rings (SSSR count). The van der Waals surface area contributed by atoms with Crippen LogP contribution in [0.3, 0.4) is 0 Å². The molecule has 2 atom stereocenters. The number of rotatable bonds is 7. The van der Waals surface area contributed by atoms with Gasteiger partial charge in [0.25, 0.3) is 5.70 Å². The second-order valence-electron chi connectivity index (χ2n) is 6.02. The predicted molar refractivity (Wildman–Crippen MR) is 94.2 cm³/mol. The zero-order valence-corrected chi connectivity index (χ0v) is 15.9.